The fraction of sp³-hybridized carbons (Fsp3) is 0.588. The van der Waals surface area contributed by atoms with Gasteiger partial charge < -0.3 is 16.2 Å². The van der Waals surface area contributed by atoms with Crippen LogP contribution in [0.5, 0.6) is 0 Å². The number of amides is 1. The maximum atomic E-state index is 12.3. The minimum Gasteiger partial charge on any atom is -0.399 e. The van der Waals surface area contributed by atoms with Gasteiger partial charge in [0.05, 0.1) is 12.5 Å². The van der Waals surface area contributed by atoms with Crippen LogP contribution in [0.3, 0.4) is 0 Å². The molecule has 0 aliphatic heterocycles. The Morgan fingerprint density at radius 3 is 2.71 bits per heavy atom. The first-order chi connectivity index (χ1) is 10.1. The van der Waals surface area contributed by atoms with Crippen molar-refractivity contribution in [3.63, 3.8) is 0 Å². The number of benzene rings is 1. The van der Waals surface area contributed by atoms with Crippen molar-refractivity contribution in [2.75, 3.05) is 18.9 Å². The number of aliphatic hydroxyl groups excluding tert-OH is 1. The number of carbonyl (C=O) groups is 1. The van der Waals surface area contributed by atoms with Gasteiger partial charge in [0, 0.05) is 17.6 Å². The van der Waals surface area contributed by atoms with Crippen molar-refractivity contribution in [2.45, 2.75) is 44.9 Å². The van der Waals surface area contributed by atoms with Crippen molar-refractivity contribution in [1.29, 1.82) is 0 Å². The average Bonchev–Trinajstić information content (AvgIpc) is 2.53. The van der Waals surface area contributed by atoms with Crippen molar-refractivity contribution in [3.8, 4) is 0 Å². The predicted octanol–water partition coefficient (Wildman–Crippen LogP) is 2.43. The largest absolute Gasteiger partial charge is 0.399 e. The molecule has 1 aromatic rings. The van der Waals surface area contributed by atoms with Gasteiger partial charge in [0.25, 0.3) is 0 Å². The third-order valence-corrected chi connectivity index (χ3v) is 4.69. The fourth-order valence-electron chi connectivity index (χ4n) is 3.10. The van der Waals surface area contributed by atoms with Crippen LogP contribution in [0.25, 0.3) is 0 Å². The topological polar surface area (TPSA) is 75.3 Å². The number of hydrogen-bond donors (Lipinski definition) is 3. The summed E-state index contributed by atoms with van der Waals surface area (Å²) in [5.74, 6) is -0.230. The Balaban J connectivity index is 1.94. The van der Waals surface area contributed by atoms with Gasteiger partial charge >= 0.3 is 0 Å². The molecule has 2 rings (SSSR count). The van der Waals surface area contributed by atoms with Crippen molar-refractivity contribution in [2.24, 2.45) is 5.41 Å². The average molecular weight is 290 g/mol. The van der Waals surface area contributed by atoms with E-state index in [2.05, 4.69) is 5.32 Å². The van der Waals surface area contributed by atoms with Gasteiger partial charge in [-0.25, -0.2) is 0 Å². The normalized spacial score (nSPS) is 19.0. The molecule has 4 heteroatoms. The molecule has 1 fully saturated rings. The smallest absolute Gasteiger partial charge is 0.227 e. The summed E-state index contributed by atoms with van der Waals surface area (Å²) in [6.07, 6.45) is 5.50. The van der Waals surface area contributed by atoms with E-state index >= 15 is 0 Å². The molecule has 1 aromatic carbocycles. The van der Waals surface area contributed by atoms with Gasteiger partial charge in [0.1, 0.15) is 0 Å². The van der Waals surface area contributed by atoms with Crippen LogP contribution in [-0.2, 0) is 4.79 Å². The molecule has 1 saturated carbocycles. The Kier molecular flexibility index (Phi) is 5.23. The summed E-state index contributed by atoms with van der Waals surface area (Å²) in [4.78, 5) is 12.3. The molecule has 1 aliphatic rings. The van der Waals surface area contributed by atoms with Gasteiger partial charge in [-0.2, -0.15) is 0 Å². The molecule has 4 nitrogen and oxygen atoms in total. The number of aliphatic hydroxyl groups is 1. The lowest BCUT2D eigenvalue weighted by Crippen LogP contribution is -2.42. The molecular formula is C17H26N2O2. The van der Waals surface area contributed by atoms with Crippen molar-refractivity contribution >= 4 is 11.6 Å². The van der Waals surface area contributed by atoms with Crippen LogP contribution in [0.2, 0.25) is 0 Å². The molecule has 1 amide bonds. The first kappa shape index (κ1) is 15.8. The monoisotopic (exact) mass is 290 g/mol. The Bertz CT molecular complexity index is 481. The van der Waals surface area contributed by atoms with Crippen LogP contribution in [0.4, 0.5) is 5.69 Å². The van der Waals surface area contributed by atoms with Gasteiger partial charge in [-0.1, -0.05) is 31.4 Å². The third-order valence-electron chi connectivity index (χ3n) is 4.69. The van der Waals surface area contributed by atoms with Crippen LogP contribution in [0.15, 0.2) is 24.3 Å². The van der Waals surface area contributed by atoms with Gasteiger partial charge in [0.2, 0.25) is 5.91 Å². The number of nitrogens with two attached hydrogens (primary N) is 1. The first-order valence-corrected chi connectivity index (χ1v) is 7.80. The second kappa shape index (κ2) is 6.94. The van der Waals surface area contributed by atoms with E-state index in [1.54, 1.807) is 0 Å². The molecule has 0 bridgehead atoms. The van der Waals surface area contributed by atoms with Gasteiger partial charge in [-0.05, 0) is 37.5 Å². The van der Waals surface area contributed by atoms with E-state index in [0.29, 0.717) is 12.2 Å². The van der Waals surface area contributed by atoms with Crippen LogP contribution < -0.4 is 11.1 Å². The second-order valence-electron chi connectivity index (χ2n) is 6.33. The maximum absolute atomic E-state index is 12.3. The minimum absolute atomic E-state index is 0.000927. The Labute approximate surface area is 126 Å². The van der Waals surface area contributed by atoms with Crippen LogP contribution in [0, 0.1) is 5.41 Å². The summed E-state index contributed by atoms with van der Waals surface area (Å²) in [6, 6.07) is 7.44. The highest BCUT2D eigenvalue weighted by molar-refractivity contribution is 5.83. The quantitative estimate of drug-likeness (QED) is 0.729. The zero-order valence-corrected chi connectivity index (χ0v) is 12.8. The number of nitrogens with one attached hydrogen (secondary N) is 1. The molecule has 1 aliphatic carbocycles. The Hall–Kier alpha value is -1.55. The zero-order valence-electron chi connectivity index (χ0n) is 12.8. The van der Waals surface area contributed by atoms with Crippen molar-refractivity contribution in [3.05, 3.63) is 29.8 Å². The number of hydrogen-bond acceptors (Lipinski definition) is 3. The SMILES string of the molecule is CC(C(=O)NCC1(CO)CCCCC1)c1cccc(N)c1. The van der Waals surface area contributed by atoms with Gasteiger partial charge in [-0.3, -0.25) is 4.79 Å². The van der Waals surface area contributed by atoms with Crippen molar-refractivity contribution < 1.29 is 9.90 Å². The van der Waals surface area contributed by atoms with Crippen LogP contribution in [0.1, 0.15) is 50.5 Å². The molecule has 21 heavy (non-hydrogen) atoms. The van der Waals surface area contributed by atoms with Crippen LogP contribution >= 0.6 is 0 Å². The molecule has 0 radical (unpaired) electrons. The van der Waals surface area contributed by atoms with E-state index in [9.17, 15) is 9.90 Å². The second-order valence-corrected chi connectivity index (χ2v) is 6.33. The Morgan fingerprint density at radius 1 is 1.38 bits per heavy atom. The summed E-state index contributed by atoms with van der Waals surface area (Å²) in [5, 5.41) is 12.7. The predicted molar refractivity (Wildman–Crippen MR) is 84.9 cm³/mol. The minimum atomic E-state index is -0.229. The Morgan fingerprint density at radius 2 is 2.10 bits per heavy atom. The van der Waals surface area contributed by atoms with Crippen LogP contribution in [-0.4, -0.2) is 24.2 Å². The molecule has 0 heterocycles. The maximum Gasteiger partial charge on any atom is 0.227 e. The summed E-state index contributed by atoms with van der Waals surface area (Å²) in [6.45, 7) is 2.60. The van der Waals surface area contributed by atoms with E-state index < -0.39 is 0 Å². The van der Waals surface area contributed by atoms with E-state index in [0.717, 1.165) is 31.2 Å². The molecule has 116 valence electrons. The standard InChI is InChI=1S/C17H26N2O2/c1-13(14-6-5-7-15(18)10-14)16(21)19-11-17(12-20)8-3-2-4-9-17/h5-7,10,13,20H,2-4,8-9,11-12,18H2,1H3,(H,19,21). The highest BCUT2D eigenvalue weighted by atomic mass is 16.3. The lowest BCUT2D eigenvalue weighted by atomic mass is 9.74. The highest BCUT2D eigenvalue weighted by Gasteiger charge is 2.32. The van der Waals surface area contributed by atoms with E-state index in [-0.39, 0.29) is 23.8 Å². The lowest BCUT2D eigenvalue weighted by Gasteiger charge is -2.36. The summed E-state index contributed by atoms with van der Waals surface area (Å²) in [5.41, 5.74) is 7.24. The van der Waals surface area contributed by atoms with Gasteiger partial charge in [-0.15, -0.1) is 0 Å². The van der Waals surface area contributed by atoms with E-state index in [4.69, 9.17) is 5.73 Å². The first-order valence-electron chi connectivity index (χ1n) is 7.80. The highest BCUT2D eigenvalue weighted by Crippen LogP contribution is 2.35. The summed E-state index contributed by atoms with van der Waals surface area (Å²) >= 11 is 0. The number of carbonyl (C=O) groups excluding carboxylic acids is 1. The number of rotatable bonds is 5. The number of anilines is 1. The van der Waals surface area contributed by atoms with Gasteiger partial charge in [0.15, 0.2) is 0 Å². The van der Waals surface area contributed by atoms with Crippen molar-refractivity contribution in [1.82, 2.24) is 5.32 Å². The molecule has 0 aromatic heterocycles. The zero-order chi connectivity index (χ0) is 15.3. The fourth-order valence-corrected chi connectivity index (χ4v) is 3.10. The molecule has 1 unspecified atom stereocenters. The number of nitrogen functional groups attached to an aromatic ring is 1. The lowest BCUT2D eigenvalue weighted by molar-refractivity contribution is -0.123. The molecule has 1 atom stereocenters. The molecule has 0 spiro atoms. The molecule has 4 N–H and O–H groups in total. The summed E-state index contributed by atoms with van der Waals surface area (Å²) in [7, 11) is 0. The van der Waals surface area contributed by atoms with E-state index in [1.807, 2.05) is 31.2 Å². The molecular weight excluding hydrogens is 264 g/mol. The summed E-state index contributed by atoms with van der Waals surface area (Å²) < 4.78 is 0. The molecule has 0 saturated heterocycles. The van der Waals surface area contributed by atoms with E-state index in [1.165, 1.54) is 6.42 Å². The third kappa shape index (κ3) is 3.97.